The molecule has 16 heavy (non-hydrogen) atoms. The number of rotatable bonds is 1. The van der Waals surface area contributed by atoms with Crippen molar-refractivity contribution in [1.82, 2.24) is 14.6 Å². The fourth-order valence-corrected chi connectivity index (χ4v) is 1.78. The Morgan fingerprint density at radius 2 is 1.75 bits per heavy atom. The molecule has 0 radical (unpaired) electrons. The van der Waals surface area contributed by atoms with Gasteiger partial charge in [-0.25, -0.2) is 9.50 Å². The molecule has 0 bridgehead atoms. The maximum absolute atomic E-state index is 6.02. The Morgan fingerprint density at radius 3 is 2.50 bits per heavy atom. The SMILES string of the molecule is Clc1cccc2nc(-c3ccccc3)nn12. The molecular formula is C12H8ClN3. The van der Waals surface area contributed by atoms with E-state index in [1.54, 1.807) is 10.6 Å². The second-order valence-corrected chi connectivity index (χ2v) is 3.81. The van der Waals surface area contributed by atoms with Crippen molar-refractivity contribution in [3.8, 4) is 11.4 Å². The normalized spacial score (nSPS) is 10.8. The van der Waals surface area contributed by atoms with Gasteiger partial charge in [0.2, 0.25) is 0 Å². The van der Waals surface area contributed by atoms with Gasteiger partial charge in [-0.05, 0) is 12.1 Å². The third-order valence-electron chi connectivity index (χ3n) is 2.35. The van der Waals surface area contributed by atoms with Crippen molar-refractivity contribution < 1.29 is 0 Å². The van der Waals surface area contributed by atoms with E-state index in [1.807, 2.05) is 42.5 Å². The van der Waals surface area contributed by atoms with Crippen molar-refractivity contribution in [2.45, 2.75) is 0 Å². The number of hydrogen-bond acceptors (Lipinski definition) is 2. The number of nitrogens with zero attached hydrogens (tertiary/aromatic N) is 3. The highest BCUT2D eigenvalue weighted by Crippen LogP contribution is 2.17. The van der Waals surface area contributed by atoms with Crippen molar-refractivity contribution in [1.29, 1.82) is 0 Å². The lowest BCUT2D eigenvalue weighted by molar-refractivity contribution is 0.966. The van der Waals surface area contributed by atoms with Crippen LogP contribution in [0.15, 0.2) is 48.5 Å². The van der Waals surface area contributed by atoms with Crippen LogP contribution in [0.1, 0.15) is 0 Å². The fraction of sp³-hybridized carbons (Fsp3) is 0. The van der Waals surface area contributed by atoms with Crippen LogP contribution in [-0.2, 0) is 0 Å². The molecule has 0 atom stereocenters. The summed E-state index contributed by atoms with van der Waals surface area (Å²) in [4.78, 5) is 4.41. The molecule has 2 aromatic heterocycles. The van der Waals surface area contributed by atoms with Crippen LogP contribution in [0.4, 0.5) is 0 Å². The zero-order valence-corrected chi connectivity index (χ0v) is 9.09. The summed E-state index contributed by atoms with van der Waals surface area (Å²) < 4.78 is 1.63. The average molecular weight is 230 g/mol. The Labute approximate surface area is 97.3 Å². The smallest absolute Gasteiger partial charge is 0.182 e. The first kappa shape index (κ1) is 9.36. The Bertz CT molecular complexity index is 631. The zero-order valence-electron chi connectivity index (χ0n) is 8.34. The summed E-state index contributed by atoms with van der Waals surface area (Å²) in [7, 11) is 0. The van der Waals surface area contributed by atoms with Gasteiger partial charge in [-0.1, -0.05) is 48.0 Å². The molecule has 2 heterocycles. The van der Waals surface area contributed by atoms with E-state index in [0.29, 0.717) is 11.0 Å². The number of hydrogen-bond donors (Lipinski definition) is 0. The van der Waals surface area contributed by atoms with E-state index in [1.165, 1.54) is 0 Å². The van der Waals surface area contributed by atoms with E-state index in [4.69, 9.17) is 11.6 Å². The summed E-state index contributed by atoms with van der Waals surface area (Å²) >= 11 is 6.02. The van der Waals surface area contributed by atoms with Gasteiger partial charge in [-0.3, -0.25) is 0 Å². The third kappa shape index (κ3) is 1.46. The highest BCUT2D eigenvalue weighted by molar-refractivity contribution is 6.29. The van der Waals surface area contributed by atoms with Crippen LogP contribution < -0.4 is 0 Å². The quantitative estimate of drug-likeness (QED) is 0.601. The van der Waals surface area contributed by atoms with Crippen molar-refractivity contribution in [3.63, 3.8) is 0 Å². The standard InChI is InChI=1S/C12H8ClN3/c13-10-7-4-8-11-14-12(15-16(10)11)9-5-2-1-3-6-9/h1-8H. The molecule has 0 saturated heterocycles. The van der Waals surface area contributed by atoms with Crippen LogP contribution in [0, 0.1) is 0 Å². The molecule has 1 aromatic carbocycles. The molecule has 0 amide bonds. The van der Waals surface area contributed by atoms with E-state index in [2.05, 4.69) is 10.1 Å². The van der Waals surface area contributed by atoms with Gasteiger partial charge in [0.1, 0.15) is 5.15 Å². The van der Waals surface area contributed by atoms with Crippen LogP contribution in [0.3, 0.4) is 0 Å². The second-order valence-electron chi connectivity index (χ2n) is 3.42. The maximum Gasteiger partial charge on any atom is 0.182 e. The second kappa shape index (κ2) is 3.61. The van der Waals surface area contributed by atoms with Crippen LogP contribution in [-0.4, -0.2) is 14.6 Å². The molecule has 3 aromatic rings. The van der Waals surface area contributed by atoms with Crippen molar-refractivity contribution in [2.24, 2.45) is 0 Å². The van der Waals surface area contributed by atoms with Crippen molar-refractivity contribution in [3.05, 3.63) is 53.7 Å². The van der Waals surface area contributed by atoms with Crippen LogP contribution in [0.2, 0.25) is 5.15 Å². The number of halogens is 1. The number of aromatic nitrogens is 3. The Balaban J connectivity index is 2.23. The molecule has 0 N–H and O–H groups in total. The first-order valence-electron chi connectivity index (χ1n) is 4.91. The fourth-order valence-electron chi connectivity index (χ4n) is 1.58. The van der Waals surface area contributed by atoms with E-state index in [-0.39, 0.29) is 0 Å². The van der Waals surface area contributed by atoms with E-state index >= 15 is 0 Å². The van der Waals surface area contributed by atoms with Gasteiger partial charge >= 0.3 is 0 Å². The van der Waals surface area contributed by atoms with Gasteiger partial charge in [0, 0.05) is 5.56 Å². The molecule has 0 fully saturated rings. The molecule has 78 valence electrons. The van der Waals surface area contributed by atoms with Crippen LogP contribution in [0.25, 0.3) is 17.0 Å². The van der Waals surface area contributed by atoms with Gasteiger partial charge < -0.3 is 0 Å². The zero-order chi connectivity index (χ0) is 11.0. The Kier molecular flexibility index (Phi) is 2.11. The molecule has 0 unspecified atom stereocenters. The summed E-state index contributed by atoms with van der Waals surface area (Å²) in [6, 6.07) is 15.4. The topological polar surface area (TPSA) is 30.2 Å². The summed E-state index contributed by atoms with van der Waals surface area (Å²) in [6.45, 7) is 0. The van der Waals surface area contributed by atoms with Crippen molar-refractivity contribution in [2.75, 3.05) is 0 Å². The van der Waals surface area contributed by atoms with Gasteiger partial charge in [0.25, 0.3) is 0 Å². The lowest BCUT2D eigenvalue weighted by Crippen LogP contribution is -1.88. The minimum atomic E-state index is 0.562. The Morgan fingerprint density at radius 1 is 0.938 bits per heavy atom. The molecule has 3 rings (SSSR count). The van der Waals surface area contributed by atoms with Crippen LogP contribution in [0.5, 0.6) is 0 Å². The van der Waals surface area contributed by atoms with Gasteiger partial charge in [-0.15, -0.1) is 5.10 Å². The van der Waals surface area contributed by atoms with Gasteiger partial charge in [0.05, 0.1) is 0 Å². The highest BCUT2D eigenvalue weighted by atomic mass is 35.5. The number of benzene rings is 1. The van der Waals surface area contributed by atoms with Gasteiger partial charge in [-0.2, -0.15) is 0 Å². The molecule has 0 spiro atoms. The van der Waals surface area contributed by atoms with Crippen LogP contribution >= 0.6 is 11.6 Å². The predicted octanol–water partition coefficient (Wildman–Crippen LogP) is 3.05. The third-order valence-corrected chi connectivity index (χ3v) is 2.63. The molecule has 0 saturated carbocycles. The molecule has 3 nitrogen and oxygen atoms in total. The van der Waals surface area contributed by atoms with E-state index in [0.717, 1.165) is 11.2 Å². The molecule has 4 heteroatoms. The summed E-state index contributed by atoms with van der Waals surface area (Å²) in [5.74, 6) is 0.689. The predicted molar refractivity (Wildman–Crippen MR) is 63.4 cm³/mol. The first-order valence-corrected chi connectivity index (χ1v) is 5.29. The molecule has 0 aliphatic rings. The minimum Gasteiger partial charge on any atom is -0.207 e. The van der Waals surface area contributed by atoms with E-state index < -0.39 is 0 Å². The summed E-state index contributed by atoms with van der Waals surface area (Å²) in [6.07, 6.45) is 0. The highest BCUT2D eigenvalue weighted by Gasteiger charge is 2.06. The summed E-state index contributed by atoms with van der Waals surface area (Å²) in [5, 5.41) is 4.92. The number of fused-ring (bicyclic) bond motifs is 1. The molecule has 0 aliphatic carbocycles. The number of pyridine rings is 1. The van der Waals surface area contributed by atoms with E-state index in [9.17, 15) is 0 Å². The maximum atomic E-state index is 6.02. The lowest BCUT2D eigenvalue weighted by atomic mass is 10.2. The average Bonchev–Trinajstić information content (AvgIpc) is 2.76. The Hall–Kier alpha value is -1.87. The van der Waals surface area contributed by atoms with Gasteiger partial charge in [0.15, 0.2) is 11.5 Å². The minimum absolute atomic E-state index is 0.562. The lowest BCUT2D eigenvalue weighted by Gasteiger charge is -1.92. The summed E-state index contributed by atoms with van der Waals surface area (Å²) in [5.41, 5.74) is 1.74. The largest absolute Gasteiger partial charge is 0.207 e. The van der Waals surface area contributed by atoms with Crippen molar-refractivity contribution >= 4 is 17.2 Å². The molecule has 0 aliphatic heterocycles. The molecular weight excluding hydrogens is 222 g/mol. The monoisotopic (exact) mass is 229 g/mol. The first-order chi connectivity index (χ1) is 7.84.